The van der Waals surface area contributed by atoms with Gasteiger partial charge in [-0.25, -0.2) is 4.79 Å². The molecule has 1 heterocycles. The van der Waals surface area contributed by atoms with Crippen molar-refractivity contribution in [2.75, 3.05) is 7.11 Å². The quantitative estimate of drug-likeness (QED) is 0.801. The van der Waals surface area contributed by atoms with Gasteiger partial charge in [0.25, 0.3) is 0 Å². The summed E-state index contributed by atoms with van der Waals surface area (Å²) in [7, 11) is 1.31. The second-order valence-corrected chi connectivity index (χ2v) is 8.87. The third-order valence-electron chi connectivity index (χ3n) is 7.89. The number of fused-ring (bicyclic) bond motifs is 1. The Morgan fingerprint density at radius 1 is 1.42 bits per heavy atom. The molecular formula is C21H32O5. The Morgan fingerprint density at radius 3 is 2.77 bits per heavy atom. The van der Waals surface area contributed by atoms with Crippen LogP contribution in [0.5, 0.6) is 0 Å². The van der Waals surface area contributed by atoms with Gasteiger partial charge in [0.05, 0.1) is 25.7 Å². The maximum atomic E-state index is 12.5. The Bertz CT molecular complexity index is 641. The Morgan fingerprint density at radius 2 is 2.15 bits per heavy atom. The highest BCUT2D eigenvalue weighted by molar-refractivity contribution is 5.81. The van der Waals surface area contributed by atoms with Crippen LogP contribution in [0.1, 0.15) is 58.4 Å². The van der Waals surface area contributed by atoms with Gasteiger partial charge < -0.3 is 19.4 Å². The SMILES string of the molecule is COC(=O)C1(O)CCCC2C(C)(CCc3ccoc3)C(C)CC(O)C21C. The van der Waals surface area contributed by atoms with Gasteiger partial charge in [-0.05, 0) is 67.4 Å². The summed E-state index contributed by atoms with van der Waals surface area (Å²) >= 11 is 0. The van der Waals surface area contributed by atoms with Crippen LogP contribution in [0.4, 0.5) is 0 Å². The first kappa shape index (κ1) is 19.4. The van der Waals surface area contributed by atoms with Gasteiger partial charge in [-0.1, -0.05) is 20.8 Å². The summed E-state index contributed by atoms with van der Waals surface area (Å²) in [6, 6.07) is 1.98. The lowest BCUT2D eigenvalue weighted by Crippen LogP contribution is -2.69. The van der Waals surface area contributed by atoms with Gasteiger partial charge in [-0.15, -0.1) is 0 Å². The first-order valence-electron chi connectivity index (χ1n) is 9.70. The van der Waals surface area contributed by atoms with Crippen molar-refractivity contribution in [2.24, 2.45) is 22.7 Å². The molecule has 6 atom stereocenters. The van der Waals surface area contributed by atoms with E-state index in [0.717, 1.165) is 31.2 Å². The van der Waals surface area contributed by atoms with E-state index in [4.69, 9.17) is 9.15 Å². The van der Waals surface area contributed by atoms with Gasteiger partial charge in [0.2, 0.25) is 0 Å². The molecular weight excluding hydrogens is 332 g/mol. The number of carbonyl (C=O) groups is 1. The van der Waals surface area contributed by atoms with Crippen molar-refractivity contribution in [1.29, 1.82) is 0 Å². The van der Waals surface area contributed by atoms with E-state index in [2.05, 4.69) is 13.8 Å². The van der Waals surface area contributed by atoms with Crippen LogP contribution >= 0.6 is 0 Å². The Hall–Kier alpha value is -1.33. The standard InChI is InChI=1S/C21H32O5/c1-14-12-17(22)20(3)16(6-5-9-21(20,24)18(23)25-4)19(14,2)10-7-15-8-11-26-13-15/h8,11,13-14,16-17,22,24H,5-7,9-10,12H2,1-4H3. The highest BCUT2D eigenvalue weighted by Crippen LogP contribution is 2.64. The molecule has 0 aromatic carbocycles. The van der Waals surface area contributed by atoms with Crippen LogP contribution in [-0.4, -0.2) is 35.0 Å². The average molecular weight is 364 g/mol. The van der Waals surface area contributed by atoms with E-state index in [-0.39, 0.29) is 11.3 Å². The first-order chi connectivity index (χ1) is 12.2. The fraction of sp³-hybridized carbons (Fsp3) is 0.762. The van der Waals surface area contributed by atoms with Gasteiger partial charge in [0, 0.05) is 5.41 Å². The molecule has 1 aromatic heterocycles. The highest BCUT2D eigenvalue weighted by Gasteiger charge is 2.68. The minimum absolute atomic E-state index is 0.0403. The zero-order valence-electron chi connectivity index (χ0n) is 16.3. The highest BCUT2D eigenvalue weighted by atomic mass is 16.5. The maximum absolute atomic E-state index is 12.5. The molecule has 0 radical (unpaired) electrons. The molecule has 1 aromatic rings. The normalized spacial score (nSPS) is 42.9. The van der Waals surface area contributed by atoms with E-state index in [1.807, 2.05) is 13.0 Å². The Labute approximate surface area is 155 Å². The fourth-order valence-corrected chi connectivity index (χ4v) is 5.89. The molecule has 146 valence electrons. The zero-order valence-corrected chi connectivity index (χ0v) is 16.3. The smallest absolute Gasteiger partial charge is 0.338 e. The van der Waals surface area contributed by atoms with Crippen LogP contribution in [0, 0.1) is 22.7 Å². The number of rotatable bonds is 4. The van der Waals surface area contributed by atoms with Crippen LogP contribution in [0.3, 0.4) is 0 Å². The second-order valence-electron chi connectivity index (χ2n) is 8.87. The molecule has 2 saturated carbocycles. The number of aryl methyl sites for hydroxylation is 1. The number of hydrogen-bond donors (Lipinski definition) is 2. The molecule has 2 aliphatic rings. The molecule has 6 unspecified atom stereocenters. The molecule has 2 N–H and O–H groups in total. The van der Waals surface area contributed by atoms with Crippen molar-refractivity contribution in [3.8, 4) is 0 Å². The van der Waals surface area contributed by atoms with Crippen LogP contribution in [-0.2, 0) is 16.0 Å². The molecule has 0 saturated heterocycles. The number of furan rings is 1. The lowest BCUT2D eigenvalue weighted by Gasteiger charge is -2.64. The molecule has 26 heavy (non-hydrogen) atoms. The minimum Gasteiger partial charge on any atom is -0.472 e. The van der Waals surface area contributed by atoms with Crippen molar-refractivity contribution in [1.82, 2.24) is 0 Å². The summed E-state index contributed by atoms with van der Waals surface area (Å²) in [5.41, 5.74) is -1.48. The van der Waals surface area contributed by atoms with Gasteiger partial charge in [-0.2, -0.15) is 0 Å². The van der Waals surface area contributed by atoms with Crippen LogP contribution in [0.2, 0.25) is 0 Å². The average Bonchev–Trinajstić information content (AvgIpc) is 3.13. The largest absolute Gasteiger partial charge is 0.472 e. The van der Waals surface area contributed by atoms with Gasteiger partial charge in [0.15, 0.2) is 5.60 Å². The molecule has 5 nitrogen and oxygen atoms in total. The summed E-state index contributed by atoms with van der Waals surface area (Å²) in [4.78, 5) is 12.5. The minimum atomic E-state index is -1.64. The predicted octanol–water partition coefficient (Wildman–Crippen LogP) is 3.33. The Balaban J connectivity index is 1.98. The molecule has 0 aliphatic heterocycles. The van der Waals surface area contributed by atoms with Crippen molar-refractivity contribution >= 4 is 5.97 Å². The lowest BCUT2D eigenvalue weighted by atomic mass is 9.42. The first-order valence-corrected chi connectivity index (χ1v) is 9.70. The van der Waals surface area contributed by atoms with Crippen LogP contribution in [0.25, 0.3) is 0 Å². The van der Waals surface area contributed by atoms with Gasteiger partial charge in [0.1, 0.15) is 0 Å². The van der Waals surface area contributed by atoms with E-state index in [1.54, 1.807) is 12.5 Å². The van der Waals surface area contributed by atoms with Crippen molar-refractivity contribution < 1.29 is 24.2 Å². The Kier molecular flexibility index (Phi) is 4.99. The molecule has 0 spiro atoms. The maximum Gasteiger partial charge on any atom is 0.338 e. The summed E-state index contributed by atoms with van der Waals surface area (Å²) < 4.78 is 10.2. The number of methoxy groups -OCH3 is 1. The summed E-state index contributed by atoms with van der Waals surface area (Å²) in [6.07, 6.45) is 7.13. The monoisotopic (exact) mass is 364 g/mol. The number of ether oxygens (including phenoxy) is 1. The molecule has 5 heteroatoms. The van der Waals surface area contributed by atoms with Crippen LogP contribution < -0.4 is 0 Å². The number of aliphatic hydroxyl groups is 2. The molecule has 2 fully saturated rings. The number of hydrogen-bond acceptors (Lipinski definition) is 5. The second kappa shape index (κ2) is 6.68. The fourth-order valence-electron chi connectivity index (χ4n) is 5.89. The van der Waals surface area contributed by atoms with E-state index < -0.39 is 23.1 Å². The lowest BCUT2D eigenvalue weighted by molar-refractivity contribution is -0.251. The van der Waals surface area contributed by atoms with E-state index in [1.165, 1.54) is 7.11 Å². The molecule has 3 rings (SSSR count). The number of aliphatic hydroxyl groups excluding tert-OH is 1. The zero-order chi connectivity index (χ0) is 19.2. The van der Waals surface area contributed by atoms with E-state index in [0.29, 0.717) is 18.8 Å². The van der Waals surface area contributed by atoms with Crippen LogP contribution in [0.15, 0.2) is 23.0 Å². The van der Waals surface area contributed by atoms with Crippen molar-refractivity contribution in [3.05, 3.63) is 24.2 Å². The predicted molar refractivity (Wildman–Crippen MR) is 97.3 cm³/mol. The number of esters is 1. The molecule has 0 bridgehead atoms. The van der Waals surface area contributed by atoms with Gasteiger partial charge >= 0.3 is 5.97 Å². The summed E-state index contributed by atoms with van der Waals surface area (Å²) in [5.74, 6) is -0.281. The van der Waals surface area contributed by atoms with Gasteiger partial charge in [-0.3, -0.25) is 0 Å². The van der Waals surface area contributed by atoms with E-state index in [9.17, 15) is 15.0 Å². The topological polar surface area (TPSA) is 79.9 Å². The third-order valence-corrected chi connectivity index (χ3v) is 7.89. The van der Waals surface area contributed by atoms with Crippen molar-refractivity contribution in [3.63, 3.8) is 0 Å². The third kappa shape index (κ3) is 2.63. The van der Waals surface area contributed by atoms with E-state index >= 15 is 0 Å². The summed E-state index contributed by atoms with van der Waals surface area (Å²) in [6.45, 7) is 6.33. The molecule has 0 amide bonds. The molecule has 2 aliphatic carbocycles. The van der Waals surface area contributed by atoms with Crippen molar-refractivity contribution in [2.45, 2.75) is 71.0 Å². The summed E-state index contributed by atoms with van der Waals surface area (Å²) in [5, 5.41) is 22.4. The number of carbonyl (C=O) groups excluding carboxylic acids is 1.